The molecule has 19 nitrogen and oxygen atoms in total. The second kappa shape index (κ2) is 19.4. The highest BCUT2D eigenvalue weighted by Gasteiger charge is 2.38. The van der Waals surface area contributed by atoms with Crippen LogP contribution < -0.4 is 0 Å². The molecular formula is C45H49N9O10. The van der Waals surface area contributed by atoms with Gasteiger partial charge in [0.1, 0.15) is 5.56 Å². The summed E-state index contributed by atoms with van der Waals surface area (Å²) in [5.74, 6) is -3.31. The maximum absolute atomic E-state index is 13.0. The fraction of sp³-hybridized carbons (Fsp3) is 0.289. The summed E-state index contributed by atoms with van der Waals surface area (Å²) < 4.78 is 1.39. The first-order valence-electron chi connectivity index (χ1n) is 19.6. The van der Waals surface area contributed by atoms with Crippen molar-refractivity contribution in [3.05, 3.63) is 136 Å². The fourth-order valence-corrected chi connectivity index (χ4v) is 7.77. The number of ketones is 2. The van der Waals surface area contributed by atoms with E-state index in [4.69, 9.17) is 0 Å². The number of rotatable bonds is 7. The van der Waals surface area contributed by atoms with Gasteiger partial charge < -0.3 is 30.0 Å². The largest absolute Gasteiger partial charge is 0.427 e. The lowest BCUT2D eigenvalue weighted by molar-refractivity contribution is -0.384. The summed E-state index contributed by atoms with van der Waals surface area (Å²) in [6.45, 7) is 6.94. The molecule has 2 fully saturated rings. The lowest BCUT2D eigenvalue weighted by atomic mass is 10.0. The van der Waals surface area contributed by atoms with Gasteiger partial charge in [-0.3, -0.25) is 38.9 Å². The molecule has 64 heavy (non-hydrogen) atoms. The van der Waals surface area contributed by atoms with Gasteiger partial charge in [-0.25, -0.2) is 9.97 Å². The number of amides is 4. The van der Waals surface area contributed by atoms with E-state index in [0.29, 0.717) is 34.5 Å². The number of piperazine rings is 2. The van der Waals surface area contributed by atoms with E-state index in [1.54, 1.807) is 66.1 Å². The van der Waals surface area contributed by atoms with Gasteiger partial charge in [0.05, 0.1) is 22.2 Å². The average molecular weight is 876 g/mol. The number of aryl methyl sites for hydroxylation is 1. The molecule has 2 atom stereocenters. The van der Waals surface area contributed by atoms with Crippen molar-refractivity contribution in [1.29, 1.82) is 0 Å². The van der Waals surface area contributed by atoms with Crippen molar-refractivity contribution in [2.75, 3.05) is 39.3 Å². The molecule has 0 spiro atoms. The van der Waals surface area contributed by atoms with Crippen LogP contribution in [0, 0.1) is 17.0 Å². The van der Waals surface area contributed by atoms with Gasteiger partial charge in [-0.15, -0.1) is 0 Å². The molecular weight excluding hydrogens is 827 g/mol. The molecule has 2 aromatic carbocycles. The van der Waals surface area contributed by atoms with E-state index in [1.807, 2.05) is 31.2 Å². The third-order valence-corrected chi connectivity index (χ3v) is 11.0. The van der Waals surface area contributed by atoms with Crippen LogP contribution >= 0.6 is 0 Å². The Morgan fingerprint density at radius 2 is 1.03 bits per heavy atom. The summed E-state index contributed by atoms with van der Waals surface area (Å²) in [5, 5.41) is 31.2. The number of aromatic nitrogens is 4. The molecule has 2 N–H and O–H groups in total. The number of nitrogens with zero attached hydrogens (tertiary/aromatic N) is 9. The lowest BCUT2D eigenvalue weighted by Gasteiger charge is -2.39. The maximum Gasteiger partial charge on any atom is 0.295 e. The molecule has 6 aliphatic rings. The zero-order valence-electron chi connectivity index (χ0n) is 33.8. The van der Waals surface area contributed by atoms with Crippen LogP contribution in [0.15, 0.2) is 97.6 Å². The summed E-state index contributed by atoms with van der Waals surface area (Å²) in [6, 6.07) is 19.7. The standard InChI is InChI=1S/C22H22N4O4.C21H19N5O6.2CH4/c1-14-8-9-26(30)20-18(14)17(12-23-20)19(27)22(29)25-11-10-24(13-15(25)2)21(28)16-6-4-3-5-7-16;1-13-12-23(20(28)14-5-3-2-4-6-14)9-10-24(13)21(29)18(27)15-11-22-19-17(15)16(26(31)32)7-8-25(19)30;;/h3-9,12,15,30H,10-11,13H2,1-2H3;2-8,11,13,30H,9-10,12H2,1H3;2*1H4/t15-;13-;;/m11../s1. The number of carbonyl (C=O) groups is 6. The zero-order valence-corrected chi connectivity index (χ0v) is 33.8. The predicted molar refractivity (Wildman–Crippen MR) is 233 cm³/mol. The number of carbonyl (C=O) groups excluding carboxylic acids is 6. The molecule has 0 aliphatic carbocycles. The lowest BCUT2D eigenvalue weighted by Crippen LogP contribution is -2.56. The second-order valence-corrected chi connectivity index (χ2v) is 15.0. The van der Waals surface area contributed by atoms with E-state index in [-0.39, 0.29) is 87.2 Å². The molecule has 0 bridgehead atoms. The minimum atomic E-state index is -0.962. The molecule has 2 saturated heterocycles. The molecule has 8 rings (SSSR count). The smallest absolute Gasteiger partial charge is 0.295 e. The number of benzene rings is 2. The fourth-order valence-electron chi connectivity index (χ4n) is 7.77. The van der Waals surface area contributed by atoms with Crippen molar-refractivity contribution in [1.82, 2.24) is 39.0 Å². The quantitative estimate of drug-likeness (QED) is 0.0705. The highest BCUT2D eigenvalue weighted by atomic mass is 16.6. The van der Waals surface area contributed by atoms with E-state index in [0.717, 1.165) is 28.8 Å². The van der Waals surface area contributed by atoms with Gasteiger partial charge in [-0.2, -0.15) is 9.46 Å². The van der Waals surface area contributed by atoms with E-state index in [9.17, 15) is 49.3 Å². The summed E-state index contributed by atoms with van der Waals surface area (Å²) in [5.41, 5.74) is 1.62. The monoisotopic (exact) mass is 875 g/mol. The van der Waals surface area contributed by atoms with Crippen LogP contribution in [-0.2, 0) is 9.59 Å². The van der Waals surface area contributed by atoms with Gasteiger partial charge in [0.15, 0.2) is 11.6 Å². The van der Waals surface area contributed by atoms with Gasteiger partial charge in [0.2, 0.25) is 0 Å². The number of Topliss-reactive ketones (excluding diaryl/α,β-unsaturated/α-hetero) is 2. The Morgan fingerprint density at radius 3 is 1.45 bits per heavy atom. The van der Waals surface area contributed by atoms with Gasteiger partial charge in [0.25, 0.3) is 40.9 Å². The summed E-state index contributed by atoms with van der Waals surface area (Å²) in [6.07, 6.45) is 4.84. The maximum atomic E-state index is 13.0. The van der Waals surface area contributed by atoms with Crippen molar-refractivity contribution >= 4 is 40.9 Å². The molecule has 6 heterocycles. The molecule has 2 aromatic rings. The predicted octanol–water partition coefficient (Wildman–Crippen LogP) is 5.05. The number of fused-ring (bicyclic) bond motifs is 2. The number of pyridine rings is 2. The Labute approximate surface area is 368 Å². The Balaban J connectivity index is 0.000000234. The second-order valence-electron chi connectivity index (χ2n) is 15.0. The number of nitro groups is 1. The Kier molecular flexibility index (Phi) is 14.3. The highest BCUT2D eigenvalue weighted by molar-refractivity contribution is 6.44. The average Bonchev–Trinajstić information content (AvgIpc) is 3.94. The van der Waals surface area contributed by atoms with Crippen molar-refractivity contribution in [2.24, 2.45) is 0 Å². The van der Waals surface area contributed by atoms with E-state index >= 15 is 0 Å². The van der Waals surface area contributed by atoms with Gasteiger partial charge in [0, 0.05) is 92.7 Å². The molecule has 6 aliphatic heterocycles. The molecule has 0 saturated carbocycles. The van der Waals surface area contributed by atoms with Crippen molar-refractivity contribution < 1.29 is 44.1 Å². The zero-order chi connectivity index (χ0) is 44.4. The van der Waals surface area contributed by atoms with E-state index in [1.165, 1.54) is 22.2 Å². The van der Waals surface area contributed by atoms with E-state index in [2.05, 4.69) is 9.97 Å². The molecule has 334 valence electrons. The summed E-state index contributed by atoms with van der Waals surface area (Å²) >= 11 is 0. The minimum Gasteiger partial charge on any atom is -0.427 e. The van der Waals surface area contributed by atoms with Crippen LogP contribution in [0.1, 0.15) is 75.7 Å². The Morgan fingerprint density at radius 1 is 0.625 bits per heavy atom. The van der Waals surface area contributed by atoms with Gasteiger partial charge in [-0.1, -0.05) is 51.3 Å². The van der Waals surface area contributed by atoms with Crippen LogP contribution in [0.25, 0.3) is 22.8 Å². The SMILES string of the molecule is C.C.C[C@@H]1CN(C(=O)c2ccccc2)CCN1C(=O)C(=O)c1cnc2n(O)ccc([N+](=O)[O-])c1-2.Cc1ccn(O)c2ncc(C(=O)C(=O)N3CCN(C(=O)c4ccccc4)C[C@H]3C)c1-2. The topological polar surface area (TPSA) is 235 Å². The third kappa shape index (κ3) is 8.99. The normalized spacial score (nSPS) is 15.9. The number of hydrogen-bond acceptors (Lipinski definition) is 12. The summed E-state index contributed by atoms with van der Waals surface area (Å²) in [4.78, 5) is 102. The first-order valence-corrected chi connectivity index (χ1v) is 19.6. The number of hydrogen-bond donors (Lipinski definition) is 2. The minimum absolute atomic E-state index is 0. The van der Waals surface area contributed by atoms with Crippen LogP contribution in [0.2, 0.25) is 0 Å². The molecule has 19 heteroatoms. The van der Waals surface area contributed by atoms with Crippen LogP contribution in [-0.4, -0.2) is 141 Å². The third-order valence-electron chi connectivity index (χ3n) is 11.0. The highest BCUT2D eigenvalue weighted by Crippen LogP contribution is 2.35. The van der Waals surface area contributed by atoms with Crippen LogP contribution in [0.4, 0.5) is 5.69 Å². The summed E-state index contributed by atoms with van der Waals surface area (Å²) in [7, 11) is 0. The van der Waals surface area contributed by atoms with Crippen molar-refractivity contribution in [2.45, 2.75) is 47.7 Å². The van der Waals surface area contributed by atoms with E-state index < -0.39 is 40.0 Å². The van der Waals surface area contributed by atoms with Crippen molar-refractivity contribution in [3.63, 3.8) is 0 Å². The van der Waals surface area contributed by atoms with Crippen LogP contribution in [0.5, 0.6) is 0 Å². The molecule has 4 amide bonds. The molecule has 0 radical (unpaired) electrons. The Hall–Kier alpha value is -7.96. The first-order chi connectivity index (χ1) is 29.7. The first kappa shape index (κ1) is 47.1. The van der Waals surface area contributed by atoms with Crippen LogP contribution in [0.3, 0.4) is 0 Å². The van der Waals surface area contributed by atoms with Crippen molar-refractivity contribution in [3.8, 4) is 22.8 Å². The Bertz CT molecular complexity index is 2640. The van der Waals surface area contributed by atoms with Gasteiger partial charge >= 0.3 is 0 Å². The van der Waals surface area contributed by atoms with Gasteiger partial charge in [-0.05, 0) is 56.7 Å². The molecule has 0 unspecified atom stereocenters. The molecule has 0 aromatic heterocycles.